The highest BCUT2D eigenvalue weighted by atomic mass is 16.5. The Labute approximate surface area is 157 Å². The second kappa shape index (κ2) is 9.12. The zero-order valence-corrected chi connectivity index (χ0v) is 16.6. The predicted octanol–water partition coefficient (Wildman–Crippen LogP) is 2.91. The van der Waals surface area contributed by atoms with Crippen molar-refractivity contribution >= 4 is 5.96 Å². The number of methoxy groups -OCH3 is 1. The Kier molecular flexibility index (Phi) is 7.14. The molecule has 0 aliphatic carbocycles. The fraction of sp³-hybridized carbons (Fsp3) is 0.650. The first-order chi connectivity index (χ1) is 12.3. The van der Waals surface area contributed by atoms with E-state index in [-0.39, 0.29) is 17.3 Å². The molecule has 1 heterocycles. The molecule has 1 aliphatic heterocycles. The summed E-state index contributed by atoms with van der Waals surface area (Å²) in [4.78, 5) is 4.29. The van der Waals surface area contributed by atoms with Gasteiger partial charge in [-0.25, -0.2) is 0 Å². The Morgan fingerprint density at radius 1 is 1.35 bits per heavy atom. The lowest BCUT2D eigenvalue weighted by atomic mass is 9.78. The van der Waals surface area contributed by atoms with Gasteiger partial charge >= 0.3 is 0 Å². The van der Waals surface area contributed by atoms with Gasteiger partial charge in [-0.1, -0.05) is 20.8 Å². The van der Waals surface area contributed by atoms with E-state index in [4.69, 9.17) is 9.47 Å². The van der Waals surface area contributed by atoms with Gasteiger partial charge in [0, 0.05) is 38.2 Å². The molecule has 0 radical (unpaired) electrons. The molecular weight excluding hydrogens is 330 g/mol. The number of nitrogens with one attached hydrogen (secondary N) is 2. The third-order valence-corrected chi connectivity index (χ3v) is 4.79. The van der Waals surface area contributed by atoms with Gasteiger partial charge in [-0.2, -0.15) is 0 Å². The minimum absolute atomic E-state index is 0.121. The number of benzene rings is 1. The Morgan fingerprint density at radius 3 is 2.77 bits per heavy atom. The van der Waals surface area contributed by atoms with E-state index >= 15 is 0 Å². The first kappa shape index (κ1) is 20.4. The van der Waals surface area contributed by atoms with Crippen molar-refractivity contribution in [3.05, 3.63) is 23.8 Å². The van der Waals surface area contributed by atoms with Crippen molar-refractivity contribution in [2.75, 3.05) is 27.3 Å². The smallest absolute Gasteiger partial charge is 0.191 e. The van der Waals surface area contributed by atoms with E-state index in [1.807, 2.05) is 6.07 Å². The van der Waals surface area contributed by atoms with Gasteiger partial charge in [-0.05, 0) is 36.5 Å². The van der Waals surface area contributed by atoms with Crippen LogP contribution in [0.15, 0.2) is 23.2 Å². The molecule has 1 fully saturated rings. The van der Waals surface area contributed by atoms with E-state index in [1.165, 1.54) is 0 Å². The SMILES string of the molecule is CN=C(NCc1cc(OC)ccc1O)NCC1CCCOC1C(C)(C)C. The van der Waals surface area contributed by atoms with Crippen molar-refractivity contribution < 1.29 is 14.6 Å². The van der Waals surface area contributed by atoms with Gasteiger partial charge in [0.2, 0.25) is 0 Å². The van der Waals surface area contributed by atoms with Crippen molar-refractivity contribution in [1.29, 1.82) is 0 Å². The van der Waals surface area contributed by atoms with Crippen LogP contribution in [0, 0.1) is 11.3 Å². The third kappa shape index (κ3) is 5.53. The number of guanidine groups is 1. The largest absolute Gasteiger partial charge is 0.508 e. The van der Waals surface area contributed by atoms with Crippen LogP contribution in [-0.2, 0) is 11.3 Å². The maximum Gasteiger partial charge on any atom is 0.191 e. The highest BCUT2D eigenvalue weighted by molar-refractivity contribution is 5.79. The number of phenols is 1. The molecule has 1 aromatic rings. The molecular formula is C20H33N3O3. The van der Waals surface area contributed by atoms with E-state index < -0.39 is 0 Å². The Bertz CT molecular complexity index is 611. The van der Waals surface area contributed by atoms with Crippen LogP contribution in [0.1, 0.15) is 39.2 Å². The molecule has 1 aromatic carbocycles. The summed E-state index contributed by atoms with van der Waals surface area (Å²) in [6.07, 6.45) is 2.50. The summed E-state index contributed by atoms with van der Waals surface area (Å²) in [7, 11) is 3.36. The quantitative estimate of drug-likeness (QED) is 0.554. The van der Waals surface area contributed by atoms with Crippen LogP contribution in [0.25, 0.3) is 0 Å². The van der Waals surface area contributed by atoms with E-state index in [1.54, 1.807) is 26.3 Å². The summed E-state index contributed by atoms with van der Waals surface area (Å²) in [6, 6.07) is 5.20. The highest BCUT2D eigenvalue weighted by Gasteiger charge is 2.35. The number of rotatable bonds is 5. The second-order valence-corrected chi connectivity index (χ2v) is 7.86. The number of aliphatic imine (C=N–C) groups is 1. The van der Waals surface area contributed by atoms with Crippen LogP contribution < -0.4 is 15.4 Å². The first-order valence-electron chi connectivity index (χ1n) is 9.27. The van der Waals surface area contributed by atoms with Gasteiger partial charge in [-0.15, -0.1) is 0 Å². The van der Waals surface area contributed by atoms with E-state index in [0.29, 0.717) is 18.4 Å². The Hall–Kier alpha value is -1.95. The minimum Gasteiger partial charge on any atom is -0.508 e. The molecule has 0 bridgehead atoms. The third-order valence-electron chi connectivity index (χ3n) is 4.79. The Balaban J connectivity index is 1.91. The lowest BCUT2D eigenvalue weighted by molar-refractivity contribution is -0.0835. The van der Waals surface area contributed by atoms with Gasteiger partial charge in [0.25, 0.3) is 0 Å². The molecule has 2 atom stereocenters. The molecule has 0 aromatic heterocycles. The summed E-state index contributed by atoms with van der Waals surface area (Å²) in [5.41, 5.74) is 0.886. The molecule has 0 amide bonds. The number of hydrogen-bond donors (Lipinski definition) is 3. The number of nitrogens with zero attached hydrogens (tertiary/aromatic N) is 1. The molecule has 2 rings (SSSR count). The summed E-state index contributed by atoms with van der Waals surface area (Å²) < 4.78 is 11.3. The highest BCUT2D eigenvalue weighted by Crippen LogP contribution is 2.33. The topological polar surface area (TPSA) is 75.1 Å². The average molecular weight is 364 g/mol. The summed E-state index contributed by atoms with van der Waals surface area (Å²) in [5, 5.41) is 16.7. The molecule has 0 saturated carbocycles. The fourth-order valence-corrected chi connectivity index (χ4v) is 3.47. The number of hydrogen-bond acceptors (Lipinski definition) is 4. The zero-order chi connectivity index (χ0) is 19.2. The number of phenolic OH excluding ortho intramolecular Hbond substituents is 1. The number of aromatic hydroxyl groups is 1. The first-order valence-corrected chi connectivity index (χ1v) is 9.27. The van der Waals surface area contributed by atoms with Crippen molar-refractivity contribution in [2.24, 2.45) is 16.3 Å². The van der Waals surface area contributed by atoms with Crippen LogP contribution in [0.4, 0.5) is 0 Å². The predicted molar refractivity (Wildman–Crippen MR) is 105 cm³/mol. The van der Waals surface area contributed by atoms with Crippen molar-refractivity contribution in [3.63, 3.8) is 0 Å². The normalized spacial score (nSPS) is 21.3. The van der Waals surface area contributed by atoms with E-state index in [0.717, 1.165) is 37.3 Å². The summed E-state index contributed by atoms with van der Waals surface area (Å²) >= 11 is 0. The van der Waals surface area contributed by atoms with Gasteiger partial charge in [0.05, 0.1) is 13.2 Å². The van der Waals surface area contributed by atoms with Gasteiger partial charge in [-0.3, -0.25) is 4.99 Å². The van der Waals surface area contributed by atoms with Crippen LogP contribution in [0.3, 0.4) is 0 Å². The van der Waals surface area contributed by atoms with Crippen LogP contribution in [0.2, 0.25) is 0 Å². The molecule has 146 valence electrons. The van der Waals surface area contributed by atoms with Gasteiger partial charge in [0.1, 0.15) is 11.5 Å². The standard InChI is InChI=1S/C20H33N3O3/c1-20(2,3)18-14(7-6-10-26-18)12-22-19(21-4)23-13-15-11-16(25-5)8-9-17(15)24/h8-9,11,14,18,24H,6-7,10,12-13H2,1-5H3,(H2,21,22,23). The van der Waals surface area contributed by atoms with Crippen molar-refractivity contribution in [3.8, 4) is 11.5 Å². The molecule has 6 nitrogen and oxygen atoms in total. The van der Waals surface area contributed by atoms with Gasteiger partial charge in [0.15, 0.2) is 5.96 Å². The van der Waals surface area contributed by atoms with Crippen LogP contribution in [0.5, 0.6) is 11.5 Å². The maximum absolute atomic E-state index is 10.0. The second-order valence-electron chi connectivity index (χ2n) is 7.86. The van der Waals surface area contributed by atoms with E-state index in [2.05, 4.69) is 36.4 Å². The average Bonchev–Trinajstić information content (AvgIpc) is 2.62. The maximum atomic E-state index is 10.0. The monoisotopic (exact) mass is 363 g/mol. The summed E-state index contributed by atoms with van der Waals surface area (Å²) in [6.45, 7) is 8.82. The van der Waals surface area contributed by atoms with Crippen molar-refractivity contribution in [2.45, 2.75) is 46.3 Å². The molecule has 2 unspecified atom stereocenters. The molecule has 1 aliphatic rings. The van der Waals surface area contributed by atoms with Crippen molar-refractivity contribution in [1.82, 2.24) is 10.6 Å². The zero-order valence-electron chi connectivity index (χ0n) is 16.6. The molecule has 1 saturated heterocycles. The molecule has 0 spiro atoms. The summed E-state index contributed by atoms with van der Waals surface area (Å²) in [5.74, 6) is 2.12. The fourth-order valence-electron chi connectivity index (χ4n) is 3.47. The molecule has 26 heavy (non-hydrogen) atoms. The van der Waals surface area contributed by atoms with Gasteiger partial charge < -0.3 is 25.2 Å². The van der Waals surface area contributed by atoms with E-state index in [9.17, 15) is 5.11 Å². The Morgan fingerprint density at radius 2 is 2.12 bits per heavy atom. The minimum atomic E-state index is 0.121. The van der Waals surface area contributed by atoms with Crippen LogP contribution >= 0.6 is 0 Å². The lowest BCUT2D eigenvalue weighted by Crippen LogP contribution is -2.47. The lowest BCUT2D eigenvalue weighted by Gasteiger charge is -2.40. The van der Waals surface area contributed by atoms with Crippen LogP contribution in [-0.4, -0.2) is 44.5 Å². The number of ether oxygens (including phenoxy) is 2. The molecule has 6 heteroatoms. The molecule has 3 N–H and O–H groups in total.